The van der Waals surface area contributed by atoms with Crippen LogP contribution in [0.5, 0.6) is 0 Å². The van der Waals surface area contributed by atoms with E-state index in [1.807, 2.05) is 54.6 Å². The van der Waals surface area contributed by atoms with Crippen LogP contribution in [0.3, 0.4) is 0 Å². The smallest absolute Gasteiger partial charge is 0.343 e. The van der Waals surface area contributed by atoms with E-state index < -0.39 is 11.9 Å². The number of para-hydroxylation sites is 1. The van der Waals surface area contributed by atoms with Crippen molar-refractivity contribution in [3.8, 4) is 5.69 Å². The normalized spacial score (nSPS) is 15.3. The molecule has 1 aromatic heterocycles. The van der Waals surface area contributed by atoms with E-state index in [0.29, 0.717) is 5.69 Å². The summed E-state index contributed by atoms with van der Waals surface area (Å²) in [7, 11) is 0. The van der Waals surface area contributed by atoms with Crippen molar-refractivity contribution in [3.63, 3.8) is 0 Å². The number of hydrogen-bond donors (Lipinski definition) is 1. The lowest BCUT2D eigenvalue weighted by molar-refractivity contribution is -0.122. The second-order valence-corrected chi connectivity index (χ2v) is 8.54. The van der Waals surface area contributed by atoms with Crippen LogP contribution in [0.2, 0.25) is 0 Å². The number of nitrogens with one attached hydrogen (secondary N) is 1. The lowest BCUT2D eigenvalue weighted by atomic mass is 10.1. The predicted octanol–water partition coefficient (Wildman–Crippen LogP) is 4.38. The van der Waals surface area contributed by atoms with Gasteiger partial charge in [-0.05, 0) is 49.6 Å². The van der Waals surface area contributed by atoms with Crippen LogP contribution >= 0.6 is 0 Å². The summed E-state index contributed by atoms with van der Waals surface area (Å²) in [5.74, 6) is -1.35. The van der Waals surface area contributed by atoms with Crippen molar-refractivity contribution < 1.29 is 19.1 Å². The molecule has 0 spiro atoms. The number of ether oxygens (including phenoxy) is 1. The fourth-order valence-electron chi connectivity index (χ4n) is 4.17. The van der Waals surface area contributed by atoms with Crippen LogP contribution < -0.4 is 10.2 Å². The first kappa shape index (κ1) is 24.2. The number of esters is 1. The number of aromatic nitrogens is 2. The Morgan fingerprint density at radius 3 is 2.49 bits per heavy atom. The van der Waals surface area contributed by atoms with Crippen LogP contribution in [-0.2, 0) is 20.7 Å². The summed E-state index contributed by atoms with van der Waals surface area (Å²) < 4.78 is 6.64. The molecule has 0 radical (unpaired) electrons. The number of anilines is 2. The highest BCUT2D eigenvalue weighted by molar-refractivity contribution is 6.05. The molecule has 2 heterocycles. The van der Waals surface area contributed by atoms with Crippen LogP contribution in [-0.4, -0.2) is 40.7 Å². The van der Waals surface area contributed by atoms with Crippen LogP contribution in [0.25, 0.3) is 5.69 Å². The van der Waals surface area contributed by atoms with Crippen molar-refractivity contribution in [2.75, 3.05) is 23.4 Å². The zero-order valence-corrected chi connectivity index (χ0v) is 20.1. The molecule has 1 fully saturated rings. The number of benzene rings is 2. The number of aryl methyl sites for hydroxylation is 1. The van der Waals surface area contributed by atoms with Crippen molar-refractivity contribution >= 4 is 29.3 Å². The first-order valence-corrected chi connectivity index (χ1v) is 12.0. The summed E-state index contributed by atoms with van der Waals surface area (Å²) in [5, 5.41) is 7.15. The van der Waals surface area contributed by atoms with Crippen LogP contribution in [0.4, 0.5) is 11.5 Å². The number of hydrogen-bond acceptors (Lipinski definition) is 5. The van der Waals surface area contributed by atoms with Gasteiger partial charge in [-0.15, -0.1) is 0 Å². The van der Waals surface area contributed by atoms with Crippen LogP contribution in [0.15, 0.2) is 60.8 Å². The van der Waals surface area contributed by atoms with Crippen LogP contribution in [0.1, 0.15) is 49.0 Å². The maximum absolute atomic E-state index is 13.2. The predicted molar refractivity (Wildman–Crippen MR) is 134 cm³/mol. The Morgan fingerprint density at radius 1 is 1.06 bits per heavy atom. The van der Waals surface area contributed by atoms with Gasteiger partial charge < -0.3 is 15.0 Å². The second-order valence-electron chi connectivity index (χ2n) is 8.54. The third kappa shape index (κ3) is 5.42. The van der Waals surface area contributed by atoms with Gasteiger partial charge in [-0.2, -0.15) is 5.10 Å². The van der Waals surface area contributed by atoms with Gasteiger partial charge in [0.1, 0.15) is 5.56 Å². The number of carbonyl (C=O) groups excluding carboxylic acids is 3. The fraction of sp³-hybridized carbons (Fsp3) is 0.333. The molecule has 0 saturated carbocycles. The van der Waals surface area contributed by atoms with Crippen LogP contribution in [0, 0.1) is 5.92 Å². The van der Waals surface area contributed by atoms with Gasteiger partial charge in [-0.3, -0.25) is 9.59 Å². The molecule has 35 heavy (non-hydrogen) atoms. The van der Waals surface area contributed by atoms with Gasteiger partial charge in [0.2, 0.25) is 11.8 Å². The van der Waals surface area contributed by atoms with Gasteiger partial charge >= 0.3 is 5.97 Å². The molecule has 182 valence electrons. The van der Waals surface area contributed by atoms with Crippen molar-refractivity contribution in [2.45, 2.75) is 39.5 Å². The fourth-order valence-corrected chi connectivity index (χ4v) is 4.17. The Morgan fingerprint density at radius 2 is 1.80 bits per heavy atom. The summed E-state index contributed by atoms with van der Waals surface area (Å²) in [6.45, 7) is 4.34. The molecule has 1 atom stereocenters. The van der Waals surface area contributed by atoms with E-state index >= 15 is 0 Å². The zero-order chi connectivity index (χ0) is 24.8. The van der Waals surface area contributed by atoms with Gasteiger partial charge in [0.15, 0.2) is 5.82 Å². The van der Waals surface area contributed by atoms with E-state index in [0.717, 1.165) is 24.9 Å². The molecule has 4 rings (SSSR count). The average Bonchev–Trinajstić information content (AvgIpc) is 3.47. The summed E-state index contributed by atoms with van der Waals surface area (Å²) in [6.07, 6.45) is 4.74. The molecule has 2 amide bonds. The zero-order valence-electron chi connectivity index (χ0n) is 20.1. The van der Waals surface area contributed by atoms with Gasteiger partial charge in [0, 0.05) is 18.7 Å². The highest BCUT2D eigenvalue weighted by Gasteiger charge is 2.36. The molecule has 2 aromatic carbocycles. The Hall–Kier alpha value is -3.94. The van der Waals surface area contributed by atoms with Gasteiger partial charge in [-0.25, -0.2) is 9.48 Å². The molecular weight excluding hydrogens is 444 g/mol. The number of unbranched alkanes of at least 4 members (excludes halogenated alkanes) is 1. The van der Waals surface area contributed by atoms with Gasteiger partial charge in [-0.1, -0.05) is 43.7 Å². The van der Waals surface area contributed by atoms with Gasteiger partial charge in [0.25, 0.3) is 0 Å². The largest absolute Gasteiger partial charge is 0.462 e. The minimum absolute atomic E-state index is 0.0949. The molecule has 8 heteroatoms. The molecular formula is C27H30N4O4. The molecule has 3 aromatic rings. The molecule has 1 aliphatic heterocycles. The maximum atomic E-state index is 13.2. The lowest BCUT2D eigenvalue weighted by Gasteiger charge is -2.17. The molecule has 1 aliphatic rings. The Kier molecular flexibility index (Phi) is 7.60. The number of carbonyl (C=O) groups is 3. The number of amides is 2. The SMILES string of the molecule is CCCCc1ccc(N2CC(C(=O)Nc3c(C(=O)OCC)cnn3-c3ccccc3)CC2=O)cc1. The molecule has 1 unspecified atom stereocenters. The molecule has 0 bridgehead atoms. The minimum Gasteiger partial charge on any atom is -0.462 e. The van der Waals surface area contributed by atoms with E-state index in [1.165, 1.54) is 16.4 Å². The second kappa shape index (κ2) is 11.0. The summed E-state index contributed by atoms with van der Waals surface area (Å²) in [6, 6.07) is 17.1. The van der Waals surface area contributed by atoms with Crippen molar-refractivity contribution in [2.24, 2.45) is 5.92 Å². The van der Waals surface area contributed by atoms with E-state index in [9.17, 15) is 14.4 Å². The molecule has 8 nitrogen and oxygen atoms in total. The average molecular weight is 475 g/mol. The molecule has 1 saturated heterocycles. The first-order valence-electron chi connectivity index (χ1n) is 12.0. The van der Waals surface area contributed by atoms with E-state index in [-0.39, 0.29) is 42.8 Å². The minimum atomic E-state index is -0.572. The topological polar surface area (TPSA) is 93.5 Å². The number of rotatable bonds is 9. The van der Waals surface area contributed by atoms with Crippen molar-refractivity contribution in [3.05, 3.63) is 71.9 Å². The summed E-state index contributed by atoms with van der Waals surface area (Å²) >= 11 is 0. The van der Waals surface area contributed by atoms with E-state index in [4.69, 9.17) is 4.74 Å². The van der Waals surface area contributed by atoms with Crippen molar-refractivity contribution in [1.82, 2.24) is 9.78 Å². The highest BCUT2D eigenvalue weighted by Crippen LogP contribution is 2.28. The lowest BCUT2D eigenvalue weighted by Crippen LogP contribution is -2.29. The quantitative estimate of drug-likeness (QED) is 0.465. The Bertz CT molecular complexity index is 1190. The standard InChI is InChI=1S/C27H30N4O4/c1-3-5-9-19-12-14-21(15-13-19)30-18-20(16-24(30)32)26(33)29-25-23(27(34)35-4-2)17-28-31(25)22-10-7-6-8-11-22/h6-8,10-15,17,20H,3-5,9,16,18H2,1-2H3,(H,29,33). The summed E-state index contributed by atoms with van der Waals surface area (Å²) in [4.78, 5) is 40.1. The molecule has 1 N–H and O–H groups in total. The summed E-state index contributed by atoms with van der Waals surface area (Å²) in [5.41, 5.74) is 2.86. The third-order valence-electron chi connectivity index (χ3n) is 6.07. The van der Waals surface area contributed by atoms with Crippen molar-refractivity contribution in [1.29, 1.82) is 0 Å². The number of nitrogens with zero attached hydrogens (tertiary/aromatic N) is 3. The Balaban J connectivity index is 1.52. The highest BCUT2D eigenvalue weighted by atomic mass is 16.5. The van der Waals surface area contributed by atoms with E-state index in [1.54, 1.807) is 11.8 Å². The third-order valence-corrected chi connectivity index (χ3v) is 6.07. The monoisotopic (exact) mass is 474 g/mol. The Labute approximate surface area is 204 Å². The first-order chi connectivity index (χ1) is 17.0. The maximum Gasteiger partial charge on any atom is 0.343 e. The van der Waals surface area contributed by atoms with Gasteiger partial charge in [0.05, 0.1) is 24.4 Å². The van der Waals surface area contributed by atoms with E-state index in [2.05, 4.69) is 17.3 Å². The molecule has 0 aliphatic carbocycles.